The summed E-state index contributed by atoms with van der Waals surface area (Å²) in [6.07, 6.45) is 4.68. The average molecular weight is 387 g/mol. The number of carbonyl (C=O) groups is 1. The molecule has 1 spiro atoms. The molecule has 0 radical (unpaired) electrons. The van der Waals surface area contributed by atoms with Crippen LogP contribution in [-0.4, -0.2) is 62.8 Å². The van der Waals surface area contributed by atoms with Crippen molar-refractivity contribution in [2.24, 2.45) is 12.5 Å². The molecule has 2 aliphatic heterocycles. The third-order valence-electron chi connectivity index (χ3n) is 6.48. The Bertz CT molecular complexity index is 678. The number of imidazole rings is 1. The molecule has 3 aliphatic rings. The summed E-state index contributed by atoms with van der Waals surface area (Å²) in [4.78, 5) is 19.7. The highest BCUT2D eigenvalue weighted by molar-refractivity contribution is 6.40. The largest absolute Gasteiger partial charge is 0.465 e. The molecule has 6 nitrogen and oxygen atoms in total. The highest BCUT2D eigenvalue weighted by Gasteiger charge is 2.51. The third-order valence-corrected chi connectivity index (χ3v) is 7.27. The lowest BCUT2D eigenvalue weighted by atomic mass is 9.64. The van der Waals surface area contributed by atoms with Crippen LogP contribution in [0.25, 0.3) is 0 Å². The van der Waals surface area contributed by atoms with Crippen LogP contribution in [0, 0.1) is 5.41 Å². The van der Waals surface area contributed by atoms with E-state index in [0.29, 0.717) is 28.8 Å². The molecular weight excluding hydrogens is 363 g/mol. The van der Waals surface area contributed by atoms with Crippen LogP contribution in [0.5, 0.6) is 0 Å². The van der Waals surface area contributed by atoms with Crippen LogP contribution >= 0.6 is 23.2 Å². The summed E-state index contributed by atoms with van der Waals surface area (Å²) >= 11 is 12.2. The molecule has 1 aromatic heterocycles. The van der Waals surface area contributed by atoms with E-state index in [4.69, 9.17) is 28.3 Å². The number of hydrogen-bond donors (Lipinski definition) is 1. The molecule has 0 atom stereocenters. The zero-order chi connectivity index (χ0) is 17.8. The second kappa shape index (κ2) is 6.32. The lowest BCUT2D eigenvalue weighted by Gasteiger charge is -2.51. The summed E-state index contributed by atoms with van der Waals surface area (Å²) in [5, 5.41) is 10.1. The number of halogens is 2. The number of aromatic nitrogens is 2. The van der Waals surface area contributed by atoms with Gasteiger partial charge in [0.15, 0.2) is 5.15 Å². The Morgan fingerprint density at radius 3 is 2.44 bits per heavy atom. The predicted octanol–water partition coefficient (Wildman–Crippen LogP) is 3.44. The quantitative estimate of drug-likeness (QED) is 0.845. The summed E-state index contributed by atoms with van der Waals surface area (Å²) in [6.45, 7) is 3.55. The van der Waals surface area contributed by atoms with Crippen LogP contribution < -0.4 is 0 Å². The summed E-state index contributed by atoms with van der Waals surface area (Å²) < 4.78 is 1.90. The number of amides is 1. The van der Waals surface area contributed by atoms with Gasteiger partial charge in [-0.3, -0.25) is 0 Å². The lowest BCUT2D eigenvalue weighted by molar-refractivity contribution is -0.00431. The Morgan fingerprint density at radius 1 is 1.24 bits per heavy atom. The third kappa shape index (κ3) is 3.02. The van der Waals surface area contributed by atoms with E-state index in [-0.39, 0.29) is 5.41 Å². The Morgan fingerprint density at radius 2 is 1.92 bits per heavy atom. The molecule has 1 aromatic rings. The fourth-order valence-electron chi connectivity index (χ4n) is 4.98. The Kier molecular flexibility index (Phi) is 4.41. The summed E-state index contributed by atoms with van der Waals surface area (Å²) in [5.74, 6) is 1.40. The highest BCUT2D eigenvalue weighted by atomic mass is 35.5. The molecule has 3 fully saturated rings. The maximum absolute atomic E-state index is 11.1. The number of rotatable bonds is 2. The molecular formula is C17H24Cl2N4O2. The van der Waals surface area contributed by atoms with E-state index in [2.05, 4.69) is 9.88 Å². The van der Waals surface area contributed by atoms with Crippen molar-refractivity contribution in [2.45, 2.75) is 44.1 Å². The monoisotopic (exact) mass is 386 g/mol. The van der Waals surface area contributed by atoms with E-state index in [9.17, 15) is 4.79 Å². The lowest BCUT2D eigenvalue weighted by Crippen LogP contribution is -2.54. The molecule has 1 amide bonds. The van der Waals surface area contributed by atoms with E-state index in [1.807, 2.05) is 11.6 Å². The molecule has 0 aromatic carbocycles. The van der Waals surface area contributed by atoms with Crippen LogP contribution in [0.15, 0.2) is 0 Å². The number of likely N-dealkylation sites (tertiary alicyclic amines) is 2. The molecule has 138 valence electrons. The first-order chi connectivity index (χ1) is 11.9. The molecule has 1 aliphatic carbocycles. The maximum atomic E-state index is 11.1. The molecule has 8 heteroatoms. The normalized spacial score (nSPS) is 30.8. The van der Waals surface area contributed by atoms with E-state index in [0.717, 1.165) is 57.6 Å². The van der Waals surface area contributed by atoms with Gasteiger partial charge in [-0.1, -0.05) is 23.2 Å². The summed E-state index contributed by atoms with van der Waals surface area (Å²) in [7, 11) is 1.92. The van der Waals surface area contributed by atoms with Gasteiger partial charge in [0.2, 0.25) is 0 Å². The van der Waals surface area contributed by atoms with Gasteiger partial charge in [0.1, 0.15) is 11.0 Å². The standard InChI is InChI=1S/C17H24Cl2N4O2/c1-21-14(19)13(18)20-15(21)11-2-5-22(6-3-11)12-8-17(9-12)4-7-23(10-17)16(24)25/h11-12H,2-10H2,1H3,(H,24,25). The van der Waals surface area contributed by atoms with Crippen LogP contribution in [0.2, 0.25) is 10.3 Å². The first-order valence-electron chi connectivity index (χ1n) is 8.98. The molecule has 4 rings (SSSR count). The van der Waals surface area contributed by atoms with Gasteiger partial charge in [-0.25, -0.2) is 9.78 Å². The van der Waals surface area contributed by atoms with E-state index in [1.54, 1.807) is 4.90 Å². The zero-order valence-electron chi connectivity index (χ0n) is 14.4. The second-order valence-corrected chi connectivity index (χ2v) is 8.65. The highest BCUT2D eigenvalue weighted by Crippen LogP contribution is 2.50. The van der Waals surface area contributed by atoms with E-state index in [1.165, 1.54) is 0 Å². The summed E-state index contributed by atoms with van der Waals surface area (Å²) in [6, 6.07) is 0.614. The molecule has 0 bridgehead atoms. The van der Waals surface area contributed by atoms with Crippen molar-refractivity contribution in [3.63, 3.8) is 0 Å². The van der Waals surface area contributed by atoms with Crippen LogP contribution in [0.4, 0.5) is 4.79 Å². The van der Waals surface area contributed by atoms with Crippen molar-refractivity contribution >= 4 is 29.3 Å². The smallest absolute Gasteiger partial charge is 0.407 e. The molecule has 1 saturated carbocycles. The summed E-state index contributed by atoms with van der Waals surface area (Å²) in [5.41, 5.74) is 0.251. The van der Waals surface area contributed by atoms with Crippen molar-refractivity contribution in [1.82, 2.24) is 19.4 Å². The minimum Gasteiger partial charge on any atom is -0.465 e. The molecule has 25 heavy (non-hydrogen) atoms. The van der Waals surface area contributed by atoms with Gasteiger partial charge in [-0.15, -0.1) is 0 Å². The topological polar surface area (TPSA) is 61.6 Å². The number of carboxylic acid groups (broad SMARTS) is 1. The van der Waals surface area contributed by atoms with Crippen molar-refractivity contribution in [1.29, 1.82) is 0 Å². The van der Waals surface area contributed by atoms with Crippen molar-refractivity contribution in [3.8, 4) is 0 Å². The van der Waals surface area contributed by atoms with Crippen LogP contribution in [0.1, 0.15) is 43.8 Å². The number of nitrogens with zero attached hydrogens (tertiary/aromatic N) is 4. The average Bonchev–Trinajstić information content (AvgIpc) is 3.12. The first kappa shape index (κ1) is 17.4. The number of hydrogen-bond acceptors (Lipinski definition) is 3. The maximum Gasteiger partial charge on any atom is 0.407 e. The Hall–Kier alpha value is -0.980. The zero-order valence-corrected chi connectivity index (χ0v) is 15.9. The van der Waals surface area contributed by atoms with Gasteiger partial charge < -0.3 is 19.5 Å². The van der Waals surface area contributed by atoms with Crippen molar-refractivity contribution in [2.75, 3.05) is 26.2 Å². The van der Waals surface area contributed by atoms with Crippen molar-refractivity contribution < 1.29 is 9.90 Å². The SMILES string of the molecule is Cn1c(C2CCN(C3CC4(CCN(C(=O)O)C4)C3)CC2)nc(Cl)c1Cl. The van der Waals surface area contributed by atoms with E-state index >= 15 is 0 Å². The van der Waals surface area contributed by atoms with E-state index < -0.39 is 6.09 Å². The van der Waals surface area contributed by atoms with Crippen molar-refractivity contribution in [3.05, 3.63) is 16.1 Å². The Labute approximate surface area is 157 Å². The minimum atomic E-state index is -0.770. The molecule has 1 N–H and O–H groups in total. The fraction of sp³-hybridized carbons (Fsp3) is 0.765. The first-order valence-corrected chi connectivity index (χ1v) is 9.74. The number of piperidine rings is 1. The molecule has 0 unspecified atom stereocenters. The van der Waals surface area contributed by atoms with Crippen LogP contribution in [0.3, 0.4) is 0 Å². The van der Waals surface area contributed by atoms with Gasteiger partial charge >= 0.3 is 6.09 Å². The molecule has 2 saturated heterocycles. The minimum absolute atomic E-state index is 0.251. The Balaban J connectivity index is 1.30. The predicted molar refractivity (Wildman–Crippen MR) is 96.4 cm³/mol. The fourth-order valence-corrected chi connectivity index (χ4v) is 5.32. The van der Waals surface area contributed by atoms with Gasteiger partial charge in [0.25, 0.3) is 0 Å². The van der Waals surface area contributed by atoms with Gasteiger partial charge in [-0.05, 0) is 50.6 Å². The van der Waals surface area contributed by atoms with Gasteiger partial charge in [-0.2, -0.15) is 0 Å². The molecule has 3 heterocycles. The van der Waals surface area contributed by atoms with Gasteiger partial charge in [0.05, 0.1) is 0 Å². The van der Waals surface area contributed by atoms with Crippen LogP contribution in [-0.2, 0) is 7.05 Å². The van der Waals surface area contributed by atoms with Gasteiger partial charge in [0, 0.05) is 32.1 Å². The second-order valence-electron chi connectivity index (χ2n) is 7.94.